The number of benzene rings is 3. The van der Waals surface area contributed by atoms with Crippen LogP contribution in [0.3, 0.4) is 0 Å². The van der Waals surface area contributed by atoms with Gasteiger partial charge in [-0.3, -0.25) is 19.9 Å². The highest BCUT2D eigenvalue weighted by Crippen LogP contribution is 2.36. The number of aliphatic hydroxyl groups excluding tert-OH is 2. The topological polar surface area (TPSA) is 270 Å². The lowest BCUT2D eigenvalue weighted by Gasteiger charge is -2.17. The van der Waals surface area contributed by atoms with Crippen LogP contribution < -0.4 is 33.7 Å². The lowest BCUT2D eigenvalue weighted by molar-refractivity contribution is 0.174. The largest absolute Gasteiger partial charge is 0.490 e. The van der Waals surface area contributed by atoms with E-state index >= 15 is 0 Å². The van der Waals surface area contributed by atoms with Gasteiger partial charge in [0.1, 0.15) is 0 Å². The van der Waals surface area contributed by atoms with Crippen LogP contribution in [0.15, 0.2) is 123 Å². The van der Waals surface area contributed by atoms with Crippen LogP contribution in [-0.4, -0.2) is 150 Å². The molecule has 0 unspecified atom stereocenters. The van der Waals surface area contributed by atoms with Crippen LogP contribution in [0.4, 0.5) is 0 Å². The molecule has 87 heavy (non-hydrogen) atoms. The second-order valence-corrected chi connectivity index (χ2v) is 19.5. The van der Waals surface area contributed by atoms with Gasteiger partial charge in [-0.25, -0.2) is 0 Å². The summed E-state index contributed by atoms with van der Waals surface area (Å²) in [5.41, 5.74) is 7.19. The van der Waals surface area contributed by atoms with Gasteiger partial charge in [0.25, 0.3) is 17.7 Å². The Hall–Kier alpha value is -8.87. The van der Waals surface area contributed by atoms with E-state index in [1.807, 2.05) is 120 Å². The number of rotatable bonds is 28. The maximum Gasteiger partial charge on any atom is 0.258 e. The number of pyridine rings is 3. The molecule has 3 aromatic carbocycles. The van der Waals surface area contributed by atoms with E-state index in [1.165, 1.54) is 0 Å². The second kappa shape index (κ2) is 33.1. The molecule has 9 aromatic rings. The zero-order valence-electron chi connectivity index (χ0n) is 50.8. The van der Waals surface area contributed by atoms with Gasteiger partial charge in [0, 0.05) is 97.4 Å². The van der Waals surface area contributed by atoms with Gasteiger partial charge in [-0.2, -0.15) is 15.0 Å². The molecule has 460 valence electrons. The first kappa shape index (κ1) is 64.1. The third-order valence-electron chi connectivity index (χ3n) is 13.5. The molecule has 0 bridgehead atoms. The molecule has 0 amide bonds. The predicted octanol–water partition coefficient (Wildman–Crippen LogP) is 10.3. The zero-order valence-corrected chi connectivity index (χ0v) is 50.8. The summed E-state index contributed by atoms with van der Waals surface area (Å²) in [5, 5.41) is 34.7. The van der Waals surface area contributed by atoms with Crippen LogP contribution in [0.1, 0.15) is 78.8 Å². The van der Waals surface area contributed by atoms with Crippen molar-refractivity contribution in [2.45, 2.75) is 87.6 Å². The number of likely N-dealkylation sites (N-methyl/N-ethyl adjacent to an activating group) is 1. The van der Waals surface area contributed by atoms with E-state index in [0.717, 1.165) is 78.3 Å². The van der Waals surface area contributed by atoms with Crippen molar-refractivity contribution in [1.82, 2.24) is 60.5 Å². The Kier molecular flexibility index (Phi) is 24.4. The maximum absolute atomic E-state index is 9.71. The third kappa shape index (κ3) is 18.1. The van der Waals surface area contributed by atoms with E-state index in [1.54, 1.807) is 30.9 Å². The molecule has 10 rings (SSSR count). The molecule has 6 aromatic heterocycles. The van der Waals surface area contributed by atoms with Gasteiger partial charge in [-0.15, -0.1) is 0 Å². The van der Waals surface area contributed by atoms with Crippen molar-refractivity contribution in [2.24, 2.45) is 0 Å². The Labute approximate surface area is 507 Å². The first-order chi connectivity index (χ1) is 42.6. The van der Waals surface area contributed by atoms with Crippen LogP contribution in [0, 0.1) is 0 Å². The number of likely N-dealkylation sites (tertiary alicyclic amines) is 1. The highest BCUT2D eigenvalue weighted by molar-refractivity contribution is 5.66. The number of aromatic nitrogens is 9. The van der Waals surface area contributed by atoms with Crippen molar-refractivity contribution in [3.05, 3.63) is 127 Å². The first-order valence-electron chi connectivity index (χ1n) is 29.6. The van der Waals surface area contributed by atoms with E-state index < -0.39 is 0 Å². The highest BCUT2D eigenvalue weighted by Gasteiger charge is 2.22. The predicted molar refractivity (Wildman–Crippen MR) is 327 cm³/mol. The van der Waals surface area contributed by atoms with E-state index in [0.29, 0.717) is 140 Å². The molecule has 3 N–H and O–H groups in total. The SMILES string of the molecule is CCOc1ccc(-c2nc(-c3ccnc(CN4CC[C@@H](O)C4)c3)no2)cc1OCC.CCOc1ccc(-c2nc(-c3ccnc(CNCCN(CC)CC)c3)no2)cc1OCC.CCOc1ccc(-c2nc(-c3cncc(CO)c3)no2)cc1OCC. The Morgan fingerprint density at radius 3 is 1.41 bits per heavy atom. The second-order valence-electron chi connectivity index (χ2n) is 19.5. The fraction of sp³-hybridized carbons (Fsp3) is 0.391. The van der Waals surface area contributed by atoms with Crippen LogP contribution in [0.25, 0.3) is 68.5 Å². The first-order valence-corrected chi connectivity index (χ1v) is 29.6. The summed E-state index contributed by atoms with van der Waals surface area (Å²) in [6.07, 6.45) is 7.29. The molecule has 1 aliphatic rings. The Balaban J connectivity index is 0.000000171. The van der Waals surface area contributed by atoms with E-state index in [4.69, 9.17) is 42.0 Å². The molecule has 0 radical (unpaired) electrons. The fourth-order valence-corrected chi connectivity index (χ4v) is 9.22. The minimum atomic E-state index is -0.247. The summed E-state index contributed by atoms with van der Waals surface area (Å²) >= 11 is 0. The normalized spacial score (nSPS) is 12.9. The number of nitrogens with zero attached hydrogens (tertiary/aromatic N) is 11. The molecule has 1 aliphatic heterocycles. The fourth-order valence-electron chi connectivity index (χ4n) is 9.22. The van der Waals surface area contributed by atoms with Crippen molar-refractivity contribution in [3.8, 4) is 103 Å². The van der Waals surface area contributed by atoms with Gasteiger partial charge in [0.05, 0.1) is 63.7 Å². The monoisotopic (exact) mass is 1190 g/mol. The van der Waals surface area contributed by atoms with Crippen molar-refractivity contribution in [1.29, 1.82) is 0 Å². The van der Waals surface area contributed by atoms with Gasteiger partial charge in [-0.05, 0) is 152 Å². The van der Waals surface area contributed by atoms with Crippen molar-refractivity contribution >= 4 is 0 Å². The van der Waals surface area contributed by atoms with Gasteiger partial charge in [-0.1, -0.05) is 29.3 Å². The van der Waals surface area contributed by atoms with E-state index in [2.05, 4.69) is 74.3 Å². The summed E-state index contributed by atoms with van der Waals surface area (Å²) in [6, 6.07) is 26.1. The summed E-state index contributed by atoms with van der Waals surface area (Å²) in [7, 11) is 0. The average Bonchev–Trinajstić information content (AvgIpc) is 3.65. The van der Waals surface area contributed by atoms with Crippen molar-refractivity contribution in [3.63, 3.8) is 0 Å². The van der Waals surface area contributed by atoms with E-state index in [9.17, 15) is 10.2 Å². The van der Waals surface area contributed by atoms with Crippen LogP contribution in [0.5, 0.6) is 34.5 Å². The molecule has 0 aliphatic carbocycles. The van der Waals surface area contributed by atoms with Crippen LogP contribution in [0.2, 0.25) is 0 Å². The van der Waals surface area contributed by atoms with Gasteiger partial charge in [0.2, 0.25) is 17.5 Å². The molecular weight excluding hydrogens is 1110 g/mol. The molecule has 1 fully saturated rings. The minimum Gasteiger partial charge on any atom is -0.490 e. The summed E-state index contributed by atoms with van der Waals surface area (Å²) in [6.45, 7) is 26.1. The number of aliphatic hydroxyl groups is 2. The quantitative estimate of drug-likeness (QED) is 0.0385. The van der Waals surface area contributed by atoms with Gasteiger partial charge >= 0.3 is 0 Å². The van der Waals surface area contributed by atoms with Gasteiger partial charge in [0.15, 0.2) is 34.5 Å². The standard InChI is InChI=1S/C24H33N5O3.C22H26N4O4.C18H19N3O4/c1-5-29(6-2)14-13-25-17-20-15-18(11-12-26-20)23-27-24(32-28-23)19-9-10-21(30-7-3)22(16-19)31-8-4;1-3-28-19-6-5-16(12-20(19)29-4-2)22-24-21(25-30-22)15-7-9-23-17(11-15)13-26-10-8-18(27)14-26;1-3-23-15-6-5-13(8-16(15)24-4-2)18-20-17(21-25-18)14-7-12(11-22)9-19-10-14/h9-12,15-16,25H,5-8,13-14,17H2,1-4H3;5-7,9,11-12,18,27H,3-4,8,10,13-14H2,1-2H3;5-10,22H,3-4,11H2,1-2H3/t;18-;/m.1./s1. The summed E-state index contributed by atoms with van der Waals surface area (Å²) in [5.74, 6) is 6.65. The van der Waals surface area contributed by atoms with Crippen LogP contribution in [-0.2, 0) is 19.7 Å². The molecule has 23 nitrogen and oxygen atoms in total. The molecule has 0 saturated carbocycles. The number of β-amino-alcohol motifs (C(OH)–C–C–N with tert-alkyl or cyclic N) is 1. The number of ether oxygens (including phenoxy) is 6. The van der Waals surface area contributed by atoms with E-state index in [-0.39, 0.29) is 12.7 Å². The highest BCUT2D eigenvalue weighted by atomic mass is 16.5. The third-order valence-corrected chi connectivity index (χ3v) is 13.5. The Morgan fingerprint density at radius 2 is 0.977 bits per heavy atom. The smallest absolute Gasteiger partial charge is 0.258 e. The lowest BCUT2D eigenvalue weighted by Crippen LogP contribution is -2.31. The molecule has 1 atom stereocenters. The Morgan fingerprint density at radius 1 is 0.529 bits per heavy atom. The summed E-state index contributed by atoms with van der Waals surface area (Å²) in [4.78, 5) is 31.1. The molecule has 0 spiro atoms. The molecule has 1 saturated heterocycles. The Bertz CT molecular complexity index is 3540. The van der Waals surface area contributed by atoms with Crippen molar-refractivity contribution < 1.29 is 52.2 Å². The number of nitrogens with one attached hydrogen (secondary N) is 1. The lowest BCUT2D eigenvalue weighted by atomic mass is 10.2. The molecule has 7 heterocycles. The van der Waals surface area contributed by atoms with Gasteiger partial charge < -0.3 is 62.4 Å². The minimum absolute atomic E-state index is 0.0951. The zero-order chi connectivity index (χ0) is 61.3. The molecule has 23 heteroatoms. The number of hydrogen-bond donors (Lipinski definition) is 3. The molecular formula is C64H78N12O11. The number of hydrogen-bond acceptors (Lipinski definition) is 23. The average molecular weight is 1190 g/mol. The maximum atomic E-state index is 9.71. The summed E-state index contributed by atoms with van der Waals surface area (Å²) < 4.78 is 50.2. The van der Waals surface area contributed by atoms with Crippen LogP contribution >= 0.6 is 0 Å². The van der Waals surface area contributed by atoms with Crippen molar-refractivity contribution in [2.75, 3.05) is 78.9 Å².